The van der Waals surface area contributed by atoms with Crippen LogP contribution in [0.1, 0.15) is 50.7 Å². The van der Waals surface area contributed by atoms with Gasteiger partial charge in [0.1, 0.15) is 17.6 Å². The normalized spacial score (nSPS) is 20.0. The van der Waals surface area contributed by atoms with Crippen LogP contribution in [0.15, 0.2) is 21.3 Å². The summed E-state index contributed by atoms with van der Waals surface area (Å²) >= 11 is 0. The van der Waals surface area contributed by atoms with Gasteiger partial charge in [0.15, 0.2) is 0 Å². The van der Waals surface area contributed by atoms with Gasteiger partial charge in [-0.1, -0.05) is 12.8 Å². The highest BCUT2D eigenvalue weighted by Gasteiger charge is 2.26. The summed E-state index contributed by atoms with van der Waals surface area (Å²) in [6.07, 6.45) is 7.38. The van der Waals surface area contributed by atoms with Crippen LogP contribution in [0.5, 0.6) is 5.75 Å². The van der Waals surface area contributed by atoms with Gasteiger partial charge in [-0.3, -0.25) is 4.79 Å². The van der Waals surface area contributed by atoms with Crippen molar-refractivity contribution in [2.45, 2.75) is 58.0 Å². The van der Waals surface area contributed by atoms with Crippen LogP contribution in [0.4, 0.5) is 0 Å². The maximum Gasteiger partial charge on any atom is 0.339 e. The number of nitrogens with zero attached hydrogens (tertiary/aromatic N) is 1. The molecule has 126 valence electrons. The van der Waals surface area contributed by atoms with Gasteiger partial charge in [0.25, 0.3) is 0 Å². The third kappa shape index (κ3) is 4.36. The molecule has 1 saturated carbocycles. The first-order chi connectivity index (χ1) is 11.1. The number of hydrogen-bond acceptors (Lipinski definition) is 4. The number of rotatable bonds is 4. The molecule has 1 saturated heterocycles. The summed E-state index contributed by atoms with van der Waals surface area (Å²) in [4.78, 5) is 25.7. The zero-order chi connectivity index (χ0) is 16.2. The van der Waals surface area contributed by atoms with E-state index in [9.17, 15) is 9.59 Å². The van der Waals surface area contributed by atoms with E-state index in [0.29, 0.717) is 29.8 Å². The monoisotopic (exact) mass is 319 g/mol. The van der Waals surface area contributed by atoms with Crippen LogP contribution in [-0.4, -0.2) is 30.0 Å². The van der Waals surface area contributed by atoms with Crippen LogP contribution in [0.3, 0.4) is 0 Å². The Kier molecular flexibility index (Phi) is 5.03. The van der Waals surface area contributed by atoms with Crippen molar-refractivity contribution in [3.05, 3.63) is 28.3 Å². The summed E-state index contributed by atoms with van der Waals surface area (Å²) in [7, 11) is 0. The number of carbonyl (C=O) groups excluding carboxylic acids is 1. The van der Waals surface area contributed by atoms with Crippen molar-refractivity contribution in [3.8, 4) is 5.75 Å². The Bertz CT molecular complexity index is 595. The largest absolute Gasteiger partial charge is 0.490 e. The molecule has 1 amide bonds. The van der Waals surface area contributed by atoms with E-state index in [0.717, 1.165) is 25.9 Å². The van der Waals surface area contributed by atoms with E-state index in [4.69, 9.17) is 9.15 Å². The second kappa shape index (κ2) is 7.20. The van der Waals surface area contributed by atoms with E-state index in [1.165, 1.54) is 31.7 Å². The lowest BCUT2D eigenvalue weighted by atomic mass is 10.0. The molecule has 0 radical (unpaired) electrons. The minimum Gasteiger partial charge on any atom is -0.490 e. The molecule has 3 rings (SSSR count). The fourth-order valence-electron chi connectivity index (χ4n) is 3.65. The summed E-state index contributed by atoms with van der Waals surface area (Å²) in [6, 6.07) is 3.11. The number of likely N-dealkylation sites (tertiary alicyclic amines) is 1. The number of piperidine rings is 1. The van der Waals surface area contributed by atoms with Crippen LogP contribution < -0.4 is 10.4 Å². The first kappa shape index (κ1) is 16.1. The number of carbonyl (C=O) groups is 1. The van der Waals surface area contributed by atoms with E-state index < -0.39 is 0 Å². The molecule has 0 bridgehead atoms. The zero-order valence-corrected chi connectivity index (χ0v) is 13.8. The first-order valence-electron chi connectivity index (χ1n) is 8.66. The number of hydrogen-bond donors (Lipinski definition) is 0. The quantitative estimate of drug-likeness (QED) is 0.856. The Morgan fingerprint density at radius 2 is 1.91 bits per heavy atom. The summed E-state index contributed by atoms with van der Waals surface area (Å²) in [5.41, 5.74) is -0.385. The number of ether oxygens (including phenoxy) is 1. The van der Waals surface area contributed by atoms with Gasteiger partial charge in [0.2, 0.25) is 5.91 Å². The van der Waals surface area contributed by atoms with Crippen LogP contribution in [0, 0.1) is 12.8 Å². The Balaban J connectivity index is 1.48. The van der Waals surface area contributed by atoms with Crippen LogP contribution >= 0.6 is 0 Å². The predicted molar refractivity (Wildman–Crippen MR) is 86.5 cm³/mol. The van der Waals surface area contributed by atoms with Crippen molar-refractivity contribution in [3.63, 3.8) is 0 Å². The number of aryl methyl sites for hydroxylation is 1. The van der Waals surface area contributed by atoms with Gasteiger partial charge in [0.05, 0.1) is 6.07 Å². The standard InChI is InChI=1S/C18H25NO4/c1-13-10-16(12-18(21)22-13)23-15-6-8-19(9-7-15)17(20)11-14-4-2-3-5-14/h10,12,14-15H,2-9,11H2,1H3. The van der Waals surface area contributed by atoms with E-state index in [1.54, 1.807) is 13.0 Å². The van der Waals surface area contributed by atoms with Crippen molar-refractivity contribution in [1.82, 2.24) is 4.90 Å². The summed E-state index contributed by atoms with van der Waals surface area (Å²) in [5.74, 6) is 2.01. The molecule has 23 heavy (non-hydrogen) atoms. The van der Waals surface area contributed by atoms with E-state index in [-0.39, 0.29) is 11.7 Å². The molecule has 0 spiro atoms. The lowest BCUT2D eigenvalue weighted by Crippen LogP contribution is -2.42. The smallest absolute Gasteiger partial charge is 0.339 e. The number of amides is 1. The molecule has 5 heteroatoms. The van der Waals surface area contributed by atoms with Gasteiger partial charge in [0, 0.05) is 38.4 Å². The molecule has 1 aromatic rings. The topological polar surface area (TPSA) is 59.8 Å². The van der Waals surface area contributed by atoms with Gasteiger partial charge >= 0.3 is 5.63 Å². The SMILES string of the molecule is Cc1cc(OC2CCN(C(=O)CC3CCCC3)CC2)cc(=O)o1. The second-order valence-electron chi connectivity index (χ2n) is 6.78. The van der Waals surface area contributed by atoms with Gasteiger partial charge < -0.3 is 14.1 Å². The van der Waals surface area contributed by atoms with Gasteiger partial charge in [-0.05, 0) is 25.7 Å². The highest BCUT2D eigenvalue weighted by Crippen LogP contribution is 2.28. The lowest BCUT2D eigenvalue weighted by molar-refractivity contribution is -0.133. The fraction of sp³-hybridized carbons (Fsp3) is 0.667. The van der Waals surface area contributed by atoms with Crippen molar-refractivity contribution in [1.29, 1.82) is 0 Å². The average Bonchev–Trinajstić information content (AvgIpc) is 3.00. The lowest BCUT2D eigenvalue weighted by Gasteiger charge is -2.32. The van der Waals surface area contributed by atoms with E-state index in [1.807, 2.05) is 4.90 Å². The average molecular weight is 319 g/mol. The molecule has 0 unspecified atom stereocenters. The molecule has 0 aromatic carbocycles. The van der Waals surface area contributed by atoms with Gasteiger partial charge in [-0.15, -0.1) is 0 Å². The Hall–Kier alpha value is -1.78. The highest BCUT2D eigenvalue weighted by atomic mass is 16.5. The zero-order valence-electron chi connectivity index (χ0n) is 13.8. The molecule has 1 aliphatic carbocycles. The van der Waals surface area contributed by atoms with Crippen LogP contribution in [-0.2, 0) is 4.79 Å². The third-order valence-corrected chi connectivity index (χ3v) is 4.90. The van der Waals surface area contributed by atoms with Gasteiger partial charge in [-0.25, -0.2) is 4.79 Å². The molecule has 0 atom stereocenters. The Labute approximate surface area is 136 Å². The molecule has 2 heterocycles. The second-order valence-corrected chi connectivity index (χ2v) is 6.78. The minimum absolute atomic E-state index is 0.0618. The molecule has 1 aliphatic heterocycles. The van der Waals surface area contributed by atoms with Crippen molar-refractivity contribution in [2.75, 3.05) is 13.1 Å². The molecular weight excluding hydrogens is 294 g/mol. The van der Waals surface area contributed by atoms with Crippen LogP contribution in [0.25, 0.3) is 0 Å². The molecule has 1 aromatic heterocycles. The Morgan fingerprint density at radius 3 is 2.57 bits per heavy atom. The van der Waals surface area contributed by atoms with Crippen molar-refractivity contribution in [2.24, 2.45) is 5.92 Å². The molecule has 2 aliphatic rings. The summed E-state index contributed by atoms with van der Waals surface area (Å²) in [6.45, 7) is 3.23. The molecular formula is C18H25NO4. The predicted octanol–water partition coefficient (Wildman–Crippen LogP) is 2.90. The molecule has 5 nitrogen and oxygen atoms in total. The van der Waals surface area contributed by atoms with E-state index >= 15 is 0 Å². The molecule has 2 fully saturated rings. The maximum atomic E-state index is 12.3. The van der Waals surface area contributed by atoms with Crippen molar-refractivity contribution >= 4 is 5.91 Å². The highest BCUT2D eigenvalue weighted by molar-refractivity contribution is 5.76. The summed E-state index contributed by atoms with van der Waals surface area (Å²) in [5, 5.41) is 0. The van der Waals surface area contributed by atoms with Crippen LogP contribution in [0.2, 0.25) is 0 Å². The van der Waals surface area contributed by atoms with E-state index in [2.05, 4.69) is 0 Å². The maximum absolute atomic E-state index is 12.3. The Morgan fingerprint density at radius 1 is 1.22 bits per heavy atom. The third-order valence-electron chi connectivity index (χ3n) is 4.90. The minimum atomic E-state index is -0.385. The molecule has 0 N–H and O–H groups in total. The first-order valence-corrected chi connectivity index (χ1v) is 8.66. The van der Waals surface area contributed by atoms with Gasteiger partial charge in [-0.2, -0.15) is 0 Å². The summed E-state index contributed by atoms with van der Waals surface area (Å²) < 4.78 is 10.8. The fourth-order valence-corrected chi connectivity index (χ4v) is 3.65. The van der Waals surface area contributed by atoms with Crippen molar-refractivity contribution < 1.29 is 13.9 Å².